The Kier molecular flexibility index (Phi) is 7.19. The molecule has 1 aromatic rings. The molecule has 1 unspecified atom stereocenters. The summed E-state index contributed by atoms with van der Waals surface area (Å²) in [5, 5.41) is 8.79. The maximum absolute atomic E-state index is 10.7. The van der Waals surface area contributed by atoms with Crippen LogP contribution in [0, 0.1) is 0 Å². The highest BCUT2D eigenvalue weighted by molar-refractivity contribution is 5.66. The Hall–Kier alpha value is -1.35. The molecule has 3 nitrogen and oxygen atoms in total. The van der Waals surface area contributed by atoms with Gasteiger partial charge < -0.3 is 10.0 Å². The van der Waals surface area contributed by atoms with Crippen molar-refractivity contribution >= 4 is 5.97 Å². The summed E-state index contributed by atoms with van der Waals surface area (Å²) in [6.07, 6.45) is 3.43. The summed E-state index contributed by atoms with van der Waals surface area (Å²) in [5.41, 5.74) is 1.35. The number of benzene rings is 1. The Morgan fingerprint density at radius 3 is 2.53 bits per heavy atom. The Balaban J connectivity index is 2.37. The zero-order valence-corrected chi connectivity index (χ0v) is 12.0. The van der Waals surface area contributed by atoms with Crippen molar-refractivity contribution in [1.29, 1.82) is 0 Å². The molecule has 1 N–H and O–H groups in total. The second kappa shape index (κ2) is 8.70. The van der Waals surface area contributed by atoms with Crippen LogP contribution in [0.1, 0.15) is 38.7 Å². The Labute approximate surface area is 116 Å². The van der Waals surface area contributed by atoms with E-state index in [1.54, 1.807) is 0 Å². The van der Waals surface area contributed by atoms with Gasteiger partial charge in [-0.2, -0.15) is 0 Å². The lowest BCUT2D eigenvalue weighted by Crippen LogP contribution is -2.35. The average Bonchev–Trinajstić information content (AvgIpc) is 2.42. The monoisotopic (exact) mass is 263 g/mol. The molecular weight excluding hydrogens is 238 g/mol. The third-order valence-corrected chi connectivity index (χ3v) is 3.58. The van der Waals surface area contributed by atoms with Crippen LogP contribution >= 0.6 is 0 Å². The van der Waals surface area contributed by atoms with Gasteiger partial charge >= 0.3 is 5.97 Å². The van der Waals surface area contributed by atoms with E-state index in [2.05, 4.69) is 43.0 Å². The van der Waals surface area contributed by atoms with Crippen molar-refractivity contribution in [3.63, 3.8) is 0 Å². The molecule has 0 aliphatic heterocycles. The summed E-state index contributed by atoms with van der Waals surface area (Å²) in [5.74, 6) is -0.712. The lowest BCUT2D eigenvalue weighted by molar-refractivity contribution is -0.137. The van der Waals surface area contributed by atoms with E-state index in [1.807, 2.05) is 6.07 Å². The number of nitrogens with zero attached hydrogens (tertiary/aromatic N) is 1. The summed E-state index contributed by atoms with van der Waals surface area (Å²) in [6.45, 7) is 5.94. The van der Waals surface area contributed by atoms with Crippen molar-refractivity contribution < 1.29 is 9.90 Å². The lowest BCUT2D eigenvalue weighted by atomic mass is 10.1. The zero-order chi connectivity index (χ0) is 14.1. The molecule has 3 heteroatoms. The minimum atomic E-state index is -0.712. The van der Waals surface area contributed by atoms with Crippen molar-refractivity contribution in [1.82, 2.24) is 4.90 Å². The maximum atomic E-state index is 10.7. The van der Waals surface area contributed by atoms with Crippen LogP contribution < -0.4 is 0 Å². The molecule has 0 heterocycles. The van der Waals surface area contributed by atoms with Gasteiger partial charge in [0.25, 0.3) is 0 Å². The molecule has 0 spiro atoms. The number of carboxylic acid groups (broad SMARTS) is 1. The molecule has 0 radical (unpaired) electrons. The van der Waals surface area contributed by atoms with Crippen LogP contribution in [-0.4, -0.2) is 35.1 Å². The molecule has 0 bridgehead atoms. The molecule has 0 fully saturated rings. The van der Waals surface area contributed by atoms with Gasteiger partial charge in [-0.1, -0.05) is 37.3 Å². The Morgan fingerprint density at radius 1 is 1.26 bits per heavy atom. The van der Waals surface area contributed by atoms with E-state index in [-0.39, 0.29) is 6.42 Å². The molecule has 1 rings (SSSR count). The number of carbonyl (C=O) groups is 1. The minimum Gasteiger partial charge on any atom is -0.481 e. The highest BCUT2D eigenvalue weighted by Gasteiger charge is 2.13. The van der Waals surface area contributed by atoms with Crippen molar-refractivity contribution in [2.45, 2.75) is 45.6 Å². The fourth-order valence-corrected chi connectivity index (χ4v) is 2.18. The number of rotatable bonds is 9. The van der Waals surface area contributed by atoms with Crippen LogP contribution in [0.25, 0.3) is 0 Å². The van der Waals surface area contributed by atoms with Crippen LogP contribution in [0.4, 0.5) is 0 Å². The second-order valence-electron chi connectivity index (χ2n) is 5.03. The van der Waals surface area contributed by atoms with Crippen molar-refractivity contribution in [3.8, 4) is 0 Å². The van der Waals surface area contributed by atoms with Crippen molar-refractivity contribution in [2.24, 2.45) is 0 Å². The number of aryl methyl sites for hydroxylation is 1. The molecule has 0 aromatic heterocycles. The minimum absolute atomic E-state index is 0.232. The van der Waals surface area contributed by atoms with E-state index >= 15 is 0 Å². The van der Waals surface area contributed by atoms with Crippen LogP contribution in [0.3, 0.4) is 0 Å². The number of hydrogen-bond acceptors (Lipinski definition) is 2. The van der Waals surface area contributed by atoms with Gasteiger partial charge in [-0.3, -0.25) is 4.79 Å². The van der Waals surface area contributed by atoms with E-state index in [9.17, 15) is 4.79 Å². The Morgan fingerprint density at radius 2 is 1.95 bits per heavy atom. The summed E-state index contributed by atoms with van der Waals surface area (Å²) in [4.78, 5) is 13.0. The van der Waals surface area contributed by atoms with Gasteiger partial charge in [0.15, 0.2) is 0 Å². The van der Waals surface area contributed by atoms with Gasteiger partial charge in [0.1, 0.15) is 0 Å². The predicted octanol–water partition coefficient (Wildman–Crippen LogP) is 3.19. The molecule has 0 saturated carbocycles. The molecule has 0 aliphatic carbocycles. The fourth-order valence-electron chi connectivity index (χ4n) is 2.18. The third kappa shape index (κ3) is 6.39. The lowest BCUT2D eigenvalue weighted by Gasteiger charge is -2.27. The summed E-state index contributed by atoms with van der Waals surface area (Å²) in [7, 11) is 0. The fraction of sp³-hybridized carbons (Fsp3) is 0.562. The normalized spacial score (nSPS) is 12.6. The van der Waals surface area contributed by atoms with E-state index in [1.165, 1.54) is 5.56 Å². The van der Waals surface area contributed by atoms with E-state index < -0.39 is 5.97 Å². The van der Waals surface area contributed by atoms with Gasteiger partial charge in [0.05, 0.1) is 6.42 Å². The smallest absolute Gasteiger partial charge is 0.304 e. The van der Waals surface area contributed by atoms with Crippen LogP contribution in [-0.2, 0) is 11.2 Å². The largest absolute Gasteiger partial charge is 0.481 e. The van der Waals surface area contributed by atoms with Crippen LogP contribution in [0.15, 0.2) is 30.3 Å². The van der Waals surface area contributed by atoms with Crippen LogP contribution in [0.2, 0.25) is 0 Å². The quantitative estimate of drug-likeness (QED) is 0.744. The number of carboxylic acids is 1. The summed E-state index contributed by atoms with van der Waals surface area (Å²) in [6, 6.07) is 10.9. The first-order valence-electron chi connectivity index (χ1n) is 7.13. The number of hydrogen-bond donors (Lipinski definition) is 1. The molecular formula is C16H25NO2. The molecule has 1 atom stereocenters. The van der Waals surface area contributed by atoms with Crippen molar-refractivity contribution in [3.05, 3.63) is 35.9 Å². The second-order valence-corrected chi connectivity index (χ2v) is 5.03. The van der Waals surface area contributed by atoms with Crippen molar-refractivity contribution in [2.75, 3.05) is 13.1 Å². The molecule has 0 aliphatic rings. The zero-order valence-electron chi connectivity index (χ0n) is 12.0. The first-order valence-corrected chi connectivity index (χ1v) is 7.13. The van der Waals surface area contributed by atoms with Gasteiger partial charge in [-0.25, -0.2) is 0 Å². The molecule has 0 amide bonds. The first-order chi connectivity index (χ1) is 9.13. The molecule has 0 saturated heterocycles. The SMILES string of the molecule is CCC(C)N(CCCc1ccccc1)CCC(=O)O. The maximum Gasteiger partial charge on any atom is 0.304 e. The number of aliphatic carboxylic acids is 1. The highest BCUT2D eigenvalue weighted by Crippen LogP contribution is 2.08. The highest BCUT2D eigenvalue weighted by atomic mass is 16.4. The third-order valence-electron chi connectivity index (χ3n) is 3.58. The van der Waals surface area contributed by atoms with Gasteiger partial charge in [-0.15, -0.1) is 0 Å². The predicted molar refractivity (Wildman–Crippen MR) is 78.3 cm³/mol. The van der Waals surface area contributed by atoms with Gasteiger partial charge in [0.2, 0.25) is 0 Å². The topological polar surface area (TPSA) is 40.5 Å². The molecule has 106 valence electrons. The summed E-state index contributed by atoms with van der Waals surface area (Å²) < 4.78 is 0. The van der Waals surface area contributed by atoms with E-state index in [0.29, 0.717) is 12.6 Å². The van der Waals surface area contributed by atoms with Gasteiger partial charge in [-0.05, 0) is 38.3 Å². The summed E-state index contributed by atoms with van der Waals surface area (Å²) >= 11 is 0. The first kappa shape index (κ1) is 15.7. The van der Waals surface area contributed by atoms with Crippen LogP contribution in [0.5, 0.6) is 0 Å². The van der Waals surface area contributed by atoms with E-state index in [4.69, 9.17) is 5.11 Å². The Bertz CT molecular complexity index is 364. The molecule has 19 heavy (non-hydrogen) atoms. The average molecular weight is 263 g/mol. The molecule has 1 aromatic carbocycles. The van der Waals surface area contributed by atoms with E-state index in [0.717, 1.165) is 25.8 Å². The standard InChI is InChI=1S/C16H25NO2/c1-3-14(2)17(13-11-16(18)19)12-7-10-15-8-5-4-6-9-15/h4-6,8-9,14H,3,7,10-13H2,1-2H3,(H,18,19). The van der Waals surface area contributed by atoms with Gasteiger partial charge in [0, 0.05) is 12.6 Å².